The van der Waals surface area contributed by atoms with Crippen molar-refractivity contribution in [3.8, 4) is 0 Å². The molecule has 2 aliphatic rings. The number of piperazine rings is 2. The third kappa shape index (κ3) is 4.73. The van der Waals surface area contributed by atoms with Crippen molar-refractivity contribution < 1.29 is 9.53 Å². The molecule has 0 spiro atoms. The largest absolute Gasteiger partial charge is 0.444 e. The minimum Gasteiger partial charge on any atom is -0.444 e. The Labute approximate surface area is 151 Å². The molecule has 2 saturated heterocycles. The van der Waals surface area contributed by atoms with Crippen LogP contribution < -0.4 is 0 Å². The molecule has 1 amide bonds. The second-order valence-electron chi connectivity index (χ2n) is 8.35. The number of carbonyl (C=O) groups is 1. The number of nitrogens with zero attached hydrogens (tertiary/aromatic N) is 3. The SMILES string of the molecule is C[C@@H]1CN(Cc2ccccc2)C[C@H]2CN(C(=O)OC(C)(C)C)CCN21. The Morgan fingerprint density at radius 3 is 2.52 bits per heavy atom. The van der Waals surface area contributed by atoms with Gasteiger partial charge in [0.05, 0.1) is 0 Å². The van der Waals surface area contributed by atoms with Crippen LogP contribution in [0.2, 0.25) is 0 Å². The zero-order valence-corrected chi connectivity index (χ0v) is 15.9. The lowest BCUT2D eigenvalue weighted by molar-refractivity contribution is -0.0351. The molecule has 5 heteroatoms. The van der Waals surface area contributed by atoms with Gasteiger partial charge in [0.2, 0.25) is 0 Å². The summed E-state index contributed by atoms with van der Waals surface area (Å²) in [5.74, 6) is 0. The molecule has 0 saturated carbocycles. The van der Waals surface area contributed by atoms with Crippen molar-refractivity contribution in [2.24, 2.45) is 0 Å². The van der Waals surface area contributed by atoms with Gasteiger partial charge in [-0.2, -0.15) is 0 Å². The summed E-state index contributed by atoms with van der Waals surface area (Å²) in [4.78, 5) is 19.4. The number of fused-ring (bicyclic) bond motifs is 1. The minimum absolute atomic E-state index is 0.181. The zero-order valence-electron chi connectivity index (χ0n) is 15.9. The van der Waals surface area contributed by atoms with Crippen LogP contribution in [0.5, 0.6) is 0 Å². The second-order valence-corrected chi connectivity index (χ2v) is 8.35. The maximum Gasteiger partial charge on any atom is 0.410 e. The van der Waals surface area contributed by atoms with E-state index in [1.165, 1.54) is 5.56 Å². The molecule has 0 unspecified atom stereocenters. The monoisotopic (exact) mass is 345 g/mol. The minimum atomic E-state index is -0.437. The number of benzene rings is 1. The van der Waals surface area contributed by atoms with Crippen molar-refractivity contribution in [2.75, 3.05) is 32.7 Å². The fourth-order valence-corrected chi connectivity index (χ4v) is 3.93. The summed E-state index contributed by atoms with van der Waals surface area (Å²) >= 11 is 0. The van der Waals surface area contributed by atoms with E-state index in [9.17, 15) is 4.79 Å². The molecular weight excluding hydrogens is 314 g/mol. The number of carbonyl (C=O) groups excluding carboxylic acids is 1. The van der Waals surface area contributed by atoms with Crippen LogP contribution in [0.15, 0.2) is 30.3 Å². The van der Waals surface area contributed by atoms with Crippen molar-refractivity contribution in [2.45, 2.75) is 51.9 Å². The molecule has 0 aliphatic carbocycles. The molecule has 3 rings (SSSR count). The van der Waals surface area contributed by atoms with E-state index in [2.05, 4.69) is 47.1 Å². The number of hydrogen-bond acceptors (Lipinski definition) is 4. The average molecular weight is 345 g/mol. The van der Waals surface area contributed by atoms with Gasteiger partial charge in [0, 0.05) is 51.4 Å². The molecule has 2 heterocycles. The van der Waals surface area contributed by atoms with Gasteiger partial charge in [0.25, 0.3) is 0 Å². The lowest BCUT2D eigenvalue weighted by atomic mass is 10.0. The van der Waals surface area contributed by atoms with Gasteiger partial charge in [-0.1, -0.05) is 30.3 Å². The first kappa shape index (κ1) is 18.2. The van der Waals surface area contributed by atoms with Crippen molar-refractivity contribution in [3.05, 3.63) is 35.9 Å². The Morgan fingerprint density at radius 2 is 1.84 bits per heavy atom. The Hall–Kier alpha value is -1.59. The Kier molecular flexibility index (Phi) is 5.35. The highest BCUT2D eigenvalue weighted by molar-refractivity contribution is 5.68. The van der Waals surface area contributed by atoms with E-state index in [0.29, 0.717) is 12.1 Å². The first-order valence-corrected chi connectivity index (χ1v) is 9.32. The van der Waals surface area contributed by atoms with Crippen LogP contribution in [0.4, 0.5) is 4.79 Å². The fraction of sp³-hybridized carbons (Fsp3) is 0.650. The maximum atomic E-state index is 12.4. The standard InChI is InChI=1S/C20H31N3O2/c1-16-12-21(13-17-8-6-5-7-9-17)14-18-15-22(10-11-23(16)18)19(24)25-20(2,3)4/h5-9,16,18H,10-15H2,1-4H3/t16-,18+/m1/s1. The third-order valence-corrected chi connectivity index (χ3v) is 4.99. The van der Waals surface area contributed by atoms with Gasteiger partial charge in [-0.05, 0) is 33.3 Å². The van der Waals surface area contributed by atoms with Crippen LogP contribution in [0.3, 0.4) is 0 Å². The second kappa shape index (κ2) is 7.34. The van der Waals surface area contributed by atoms with E-state index in [1.807, 2.05) is 25.7 Å². The van der Waals surface area contributed by atoms with E-state index in [1.54, 1.807) is 0 Å². The van der Waals surface area contributed by atoms with Gasteiger partial charge in [0.15, 0.2) is 0 Å². The highest BCUT2D eigenvalue weighted by Crippen LogP contribution is 2.23. The molecule has 0 N–H and O–H groups in total. The molecule has 25 heavy (non-hydrogen) atoms. The average Bonchev–Trinajstić information content (AvgIpc) is 2.53. The summed E-state index contributed by atoms with van der Waals surface area (Å²) < 4.78 is 5.56. The summed E-state index contributed by atoms with van der Waals surface area (Å²) in [5, 5.41) is 0. The molecular formula is C20H31N3O2. The topological polar surface area (TPSA) is 36.0 Å². The van der Waals surface area contributed by atoms with Gasteiger partial charge in [-0.25, -0.2) is 4.79 Å². The van der Waals surface area contributed by atoms with Crippen molar-refractivity contribution in [1.29, 1.82) is 0 Å². The molecule has 2 atom stereocenters. The number of hydrogen-bond donors (Lipinski definition) is 0. The van der Waals surface area contributed by atoms with E-state index >= 15 is 0 Å². The molecule has 0 radical (unpaired) electrons. The molecule has 1 aromatic carbocycles. The first-order chi connectivity index (χ1) is 11.8. The summed E-state index contributed by atoms with van der Waals surface area (Å²) in [6.45, 7) is 13.6. The molecule has 2 fully saturated rings. The lowest BCUT2D eigenvalue weighted by Crippen LogP contribution is -2.65. The van der Waals surface area contributed by atoms with Crippen LogP contribution in [-0.4, -0.2) is 71.2 Å². The zero-order chi connectivity index (χ0) is 18.0. The number of ether oxygens (including phenoxy) is 1. The number of amides is 1. The van der Waals surface area contributed by atoms with Gasteiger partial charge >= 0.3 is 6.09 Å². The van der Waals surface area contributed by atoms with Crippen LogP contribution in [-0.2, 0) is 11.3 Å². The van der Waals surface area contributed by atoms with E-state index in [0.717, 1.165) is 39.3 Å². The Bertz CT molecular complexity index is 584. The highest BCUT2D eigenvalue weighted by atomic mass is 16.6. The summed E-state index contributed by atoms with van der Waals surface area (Å²) in [6.07, 6.45) is -0.181. The van der Waals surface area contributed by atoms with E-state index in [-0.39, 0.29) is 6.09 Å². The summed E-state index contributed by atoms with van der Waals surface area (Å²) in [6, 6.07) is 11.5. The first-order valence-electron chi connectivity index (χ1n) is 9.32. The smallest absolute Gasteiger partial charge is 0.410 e. The van der Waals surface area contributed by atoms with Gasteiger partial charge in [-0.3, -0.25) is 9.80 Å². The van der Waals surface area contributed by atoms with Crippen LogP contribution in [0.1, 0.15) is 33.3 Å². The van der Waals surface area contributed by atoms with Gasteiger partial charge in [-0.15, -0.1) is 0 Å². The predicted octanol–water partition coefficient (Wildman–Crippen LogP) is 2.81. The van der Waals surface area contributed by atoms with Crippen LogP contribution in [0.25, 0.3) is 0 Å². The molecule has 1 aromatic rings. The van der Waals surface area contributed by atoms with Crippen molar-refractivity contribution >= 4 is 6.09 Å². The predicted molar refractivity (Wildman–Crippen MR) is 99.5 cm³/mol. The highest BCUT2D eigenvalue weighted by Gasteiger charge is 2.38. The maximum absolute atomic E-state index is 12.4. The summed E-state index contributed by atoms with van der Waals surface area (Å²) in [7, 11) is 0. The normalized spacial score (nSPS) is 25.5. The molecule has 0 aromatic heterocycles. The third-order valence-electron chi connectivity index (χ3n) is 4.99. The molecule has 2 aliphatic heterocycles. The number of rotatable bonds is 2. The Morgan fingerprint density at radius 1 is 1.12 bits per heavy atom. The van der Waals surface area contributed by atoms with E-state index < -0.39 is 5.60 Å². The Balaban J connectivity index is 1.62. The quantitative estimate of drug-likeness (QED) is 0.826. The molecule has 0 bridgehead atoms. The molecule has 5 nitrogen and oxygen atoms in total. The van der Waals surface area contributed by atoms with Crippen molar-refractivity contribution in [3.63, 3.8) is 0 Å². The lowest BCUT2D eigenvalue weighted by Gasteiger charge is -2.50. The molecule has 138 valence electrons. The van der Waals surface area contributed by atoms with Crippen LogP contribution in [0, 0.1) is 0 Å². The van der Waals surface area contributed by atoms with Gasteiger partial charge < -0.3 is 9.64 Å². The fourth-order valence-electron chi connectivity index (χ4n) is 3.93. The van der Waals surface area contributed by atoms with Crippen molar-refractivity contribution in [1.82, 2.24) is 14.7 Å². The van der Waals surface area contributed by atoms with Gasteiger partial charge in [0.1, 0.15) is 5.60 Å². The summed E-state index contributed by atoms with van der Waals surface area (Å²) in [5.41, 5.74) is 0.913. The van der Waals surface area contributed by atoms with Crippen LogP contribution >= 0.6 is 0 Å². The van der Waals surface area contributed by atoms with E-state index in [4.69, 9.17) is 4.74 Å².